The monoisotopic (exact) mass is 309 g/mol. The minimum atomic E-state index is -0.0281. The number of carbonyl (C=O) groups is 2. The van der Waals surface area contributed by atoms with E-state index in [2.05, 4.69) is 5.32 Å². The van der Waals surface area contributed by atoms with Crippen molar-refractivity contribution in [2.24, 2.45) is 5.41 Å². The van der Waals surface area contributed by atoms with Gasteiger partial charge < -0.3 is 19.9 Å². The van der Waals surface area contributed by atoms with Crippen LogP contribution in [0.4, 0.5) is 4.79 Å². The van der Waals surface area contributed by atoms with E-state index in [0.717, 1.165) is 38.8 Å². The molecule has 0 aromatic rings. The maximum Gasteiger partial charge on any atom is 0.317 e. The fraction of sp³-hybridized carbons (Fsp3) is 0.875. The Morgan fingerprint density at radius 1 is 1.45 bits per heavy atom. The number of likely N-dealkylation sites (tertiary alicyclic amines) is 1. The quantitative estimate of drug-likeness (QED) is 0.852. The third-order valence-corrected chi connectivity index (χ3v) is 5.60. The first-order valence-electron chi connectivity index (χ1n) is 8.37. The van der Waals surface area contributed by atoms with Gasteiger partial charge in [0.2, 0.25) is 5.91 Å². The number of hydrogen-bond acceptors (Lipinski definition) is 3. The molecule has 0 bridgehead atoms. The van der Waals surface area contributed by atoms with Crippen LogP contribution in [-0.2, 0) is 9.53 Å². The lowest BCUT2D eigenvalue weighted by molar-refractivity contribution is -0.132. The van der Waals surface area contributed by atoms with Crippen molar-refractivity contribution in [3.8, 4) is 0 Å². The highest BCUT2D eigenvalue weighted by atomic mass is 16.5. The lowest BCUT2D eigenvalue weighted by Gasteiger charge is -2.35. The summed E-state index contributed by atoms with van der Waals surface area (Å²) in [5.41, 5.74) is 0.172. The molecule has 2 heterocycles. The molecule has 1 aliphatic carbocycles. The van der Waals surface area contributed by atoms with Gasteiger partial charge in [-0.1, -0.05) is 6.42 Å². The van der Waals surface area contributed by atoms with E-state index >= 15 is 0 Å². The maximum absolute atomic E-state index is 12.4. The highest BCUT2D eigenvalue weighted by Gasteiger charge is 2.48. The molecule has 0 radical (unpaired) electrons. The van der Waals surface area contributed by atoms with Gasteiger partial charge in [0.25, 0.3) is 0 Å². The van der Waals surface area contributed by atoms with Crippen molar-refractivity contribution in [3.05, 3.63) is 0 Å². The predicted molar refractivity (Wildman–Crippen MR) is 82.5 cm³/mol. The largest absolute Gasteiger partial charge is 0.378 e. The van der Waals surface area contributed by atoms with Crippen LogP contribution >= 0.6 is 0 Å². The van der Waals surface area contributed by atoms with E-state index in [9.17, 15) is 9.59 Å². The molecule has 0 aromatic heterocycles. The van der Waals surface area contributed by atoms with Crippen LogP contribution < -0.4 is 5.32 Å². The Morgan fingerprint density at radius 2 is 2.27 bits per heavy atom. The number of hydrogen-bond donors (Lipinski definition) is 1. The van der Waals surface area contributed by atoms with Gasteiger partial charge in [0, 0.05) is 51.7 Å². The third kappa shape index (κ3) is 2.93. The van der Waals surface area contributed by atoms with Crippen LogP contribution in [0.5, 0.6) is 0 Å². The van der Waals surface area contributed by atoms with Gasteiger partial charge in [-0.05, 0) is 25.7 Å². The summed E-state index contributed by atoms with van der Waals surface area (Å²) in [6, 6.07) is 0.0361. The van der Waals surface area contributed by atoms with E-state index in [4.69, 9.17) is 4.74 Å². The SMILES string of the molecule is CN1CC(NC(=O)N(C)C[C@]23CCC[C@H]2OCC3)CCC1=O. The Labute approximate surface area is 132 Å². The van der Waals surface area contributed by atoms with Crippen molar-refractivity contribution >= 4 is 11.9 Å². The second-order valence-electron chi connectivity index (χ2n) is 7.18. The van der Waals surface area contributed by atoms with Crippen molar-refractivity contribution in [3.63, 3.8) is 0 Å². The fourth-order valence-electron chi connectivity index (χ4n) is 4.28. The number of rotatable bonds is 3. The normalized spacial score (nSPS) is 34.6. The van der Waals surface area contributed by atoms with Crippen molar-refractivity contribution in [1.82, 2.24) is 15.1 Å². The van der Waals surface area contributed by atoms with Crippen LogP contribution in [-0.4, -0.2) is 67.7 Å². The molecule has 1 N–H and O–H groups in total. The molecule has 3 aliphatic rings. The molecule has 1 unspecified atom stereocenters. The molecule has 0 spiro atoms. The molecule has 6 nitrogen and oxygen atoms in total. The number of piperidine rings is 1. The third-order valence-electron chi connectivity index (χ3n) is 5.60. The van der Waals surface area contributed by atoms with Crippen LogP contribution in [0.15, 0.2) is 0 Å². The summed E-state index contributed by atoms with van der Waals surface area (Å²) in [5.74, 6) is 0.162. The number of likely N-dealkylation sites (N-methyl/N-ethyl adjacent to an activating group) is 1. The first kappa shape index (κ1) is 15.6. The van der Waals surface area contributed by atoms with Gasteiger partial charge in [0.05, 0.1) is 6.10 Å². The van der Waals surface area contributed by atoms with E-state index in [1.54, 1.807) is 11.9 Å². The molecule has 3 amide bonds. The van der Waals surface area contributed by atoms with Crippen molar-refractivity contribution in [2.75, 3.05) is 33.8 Å². The van der Waals surface area contributed by atoms with E-state index in [0.29, 0.717) is 19.1 Å². The average Bonchev–Trinajstić information content (AvgIpc) is 3.02. The van der Waals surface area contributed by atoms with E-state index < -0.39 is 0 Å². The molecule has 22 heavy (non-hydrogen) atoms. The summed E-state index contributed by atoms with van der Waals surface area (Å²) in [5, 5.41) is 3.07. The number of carbonyl (C=O) groups excluding carboxylic acids is 2. The Bertz CT molecular complexity index is 444. The maximum atomic E-state index is 12.4. The van der Waals surface area contributed by atoms with Gasteiger partial charge in [-0.15, -0.1) is 0 Å². The molecule has 2 aliphatic heterocycles. The van der Waals surface area contributed by atoms with Crippen LogP contribution in [0.3, 0.4) is 0 Å². The number of fused-ring (bicyclic) bond motifs is 1. The van der Waals surface area contributed by atoms with Crippen molar-refractivity contribution in [1.29, 1.82) is 0 Å². The molecule has 6 heteroatoms. The fourth-order valence-corrected chi connectivity index (χ4v) is 4.28. The first-order valence-corrected chi connectivity index (χ1v) is 8.37. The van der Waals surface area contributed by atoms with Crippen LogP contribution in [0, 0.1) is 5.41 Å². The van der Waals surface area contributed by atoms with E-state index in [1.165, 1.54) is 6.42 Å². The molecule has 1 saturated carbocycles. The summed E-state index contributed by atoms with van der Waals surface area (Å²) in [6.07, 6.45) is 6.15. The Kier molecular flexibility index (Phi) is 4.30. The molecular weight excluding hydrogens is 282 g/mol. The Morgan fingerprint density at radius 3 is 3.05 bits per heavy atom. The predicted octanol–water partition coefficient (Wildman–Crippen LogP) is 1.21. The standard InChI is InChI=1S/C16H27N3O3/c1-18-10-12(5-6-14(18)20)17-15(21)19(2)11-16-7-3-4-13(16)22-9-8-16/h12-13H,3-11H2,1-2H3,(H,17,21)/t12?,13-,16-/m1/s1. The molecule has 0 aromatic carbocycles. The minimum absolute atomic E-state index is 0.0281. The smallest absolute Gasteiger partial charge is 0.317 e. The van der Waals surface area contributed by atoms with Gasteiger partial charge in [-0.25, -0.2) is 4.79 Å². The first-order chi connectivity index (χ1) is 10.5. The number of nitrogens with zero attached hydrogens (tertiary/aromatic N) is 2. The van der Waals surface area contributed by atoms with E-state index in [1.807, 2.05) is 11.9 Å². The lowest BCUT2D eigenvalue weighted by Crippen LogP contribution is -2.53. The van der Waals surface area contributed by atoms with Gasteiger partial charge >= 0.3 is 6.03 Å². The molecule has 2 saturated heterocycles. The number of amides is 3. The van der Waals surface area contributed by atoms with Crippen molar-refractivity contribution < 1.29 is 14.3 Å². The lowest BCUT2D eigenvalue weighted by atomic mass is 9.82. The Balaban J connectivity index is 1.53. The van der Waals surface area contributed by atoms with Gasteiger partial charge in [-0.3, -0.25) is 4.79 Å². The number of urea groups is 1. The average molecular weight is 309 g/mol. The van der Waals surface area contributed by atoms with Crippen LogP contribution in [0.2, 0.25) is 0 Å². The molecule has 124 valence electrons. The summed E-state index contributed by atoms with van der Waals surface area (Å²) in [4.78, 5) is 27.5. The number of ether oxygens (including phenoxy) is 1. The zero-order chi connectivity index (χ0) is 15.7. The summed E-state index contributed by atoms with van der Waals surface area (Å²) in [7, 11) is 3.66. The molecule has 3 fully saturated rings. The van der Waals surface area contributed by atoms with E-state index in [-0.39, 0.29) is 23.4 Å². The summed E-state index contributed by atoms with van der Waals surface area (Å²) >= 11 is 0. The summed E-state index contributed by atoms with van der Waals surface area (Å²) in [6.45, 7) is 2.20. The second kappa shape index (κ2) is 6.07. The zero-order valence-corrected chi connectivity index (χ0v) is 13.6. The van der Waals surface area contributed by atoms with Crippen LogP contribution in [0.1, 0.15) is 38.5 Å². The topological polar surface area (TPSA) is 61.9 Å². The zero-order valence-electron chi connectivity index (χ0n) is 13.6. The minimum Gasteiger partial charge on any atom is -0.378 e. The van der Waals surface area contributed by atoms with Gasteiger partial charge in [0.1, 0.15) is 0 Å². The summed E-state index contributed by atoms with van der Waals surface area (Å²) < 4.78 is 5.83. The number of nitrogens with one attached hydrogen (secondary N) is 1. The molecule has 3 rings (SSSR count). The highest BCUT2D eigenvalue weighted by molar-refractivity contribution is 5.78. The van der Waals surface area contributed by atoms with Gasteiger partial charge in [-0.2, -0.15) is 0 Å². The molecule has 3 atom stereocenters. The van der Waals surface area contributed by atoms with Crippen molar-refractivity contribution in [2.45, 2.75) is 50.7 Å². The Hall–Kier alpha value is -1.30. The van der Waals surface area contributed by atoms with Crippen LogP contribution in [0.25, 0.3) is 0 Å². The highest BCUT2D eigenvalue weighted by Crippen LogP contribution is 2.47. The second-order valence-corrected chi connectivity index (χ2v) is 7.18. The van der Waals surface area contributed by atoms with Gasteiger partial charge in [0.15, 0.2) is 0 Å². The molecular formula is C16H27N3O3.